The third-order valence-electron chi connectivity index (χ3n) is 20.5. The number of pyridine rings is 3. The Bertz CT molecular complexity index is 5950. The van der Waals surface area contributed by atoms with Crippen LogP contribution < -0.4 is 0 Å². The van der Waals surface area contributed by atoms with Crippen molar-refractivity contribution in [2.45, 2.75) is 136 Å². The van der Waals surface area contributed by atoms with Gasteiger partial charge in [-0.25, -0.2) is 69.6 Å². The average molecular weight is 1860 g/mol. The lowest BCUT2D eigenvalue weighted by Crippen LogP contribution is -2.49. The number of para-hydroxylation sites is 2. The van der Waals surface area contributed by atoms with Gasteiger partial charge in [0.15, 0.2) is 0 Å². The van der Waals surface area contributed by atoms with Crippen LogP contribution >= 0.6 is 54.9 Å². The molecule has 0 radical (unpaired) electrons. The Balaban J connectivity index is 0.000000196. The summed E-state index contributed by atoms with van der Waals surface area (Å²) >= 11 is 1.65. The highest BCUT2D eigenvalue weighted by Crippen LogP contribution is 2.51. The fraction of sp³-hybridized carbons (Fsp3) is 0.266. The molecule has 0 aliphatic carbocycles. The quantitative estimate of drug-likeness (QED) is 0.00548. The first-order valence-corrected chi connectivity index (χ1v) is 45.9. The van der Waals surface area contributed by atoms with Crippen LogP contribution in [0.25, 0.3) is 34.0 Å². The van der Waals surface area contributed by atoms with Crippen LogP contribution in [0.15, 0.2) is 246 Å². The largest absolute Gasteiger partial charge is 0.478 e. The van der Waals surface area contributed by atoms with Crippen LogP contribution in [0.4, 0.5) is 53.0 Å². The van der Waals surface area contributed by atoms with E-state index in [1.807, 2.05) is 86.6 Å². The summed E-state index contributed by atoms with van der Waals surface area (Å²) in [7, 11) is 5.08. The minimum absolute atomic E-state index is 0.0166. The molecule has 1 N–H and O–H groups in total. The standard InChI is InChI=1S/C51H51F3N2O4S.C33H31F3N4O6S2.C10H6N4O4S2/c1-34-30-40-39-24-16-17-25-43(39)56(46(40)47(55(34)33-50(5,6)54)45-41(52)31-35(32-42(45)53)26-27-44(57)60-49(2,3)4)48(58)59-28-29-61-51(36-18-10-7-11-19-36,37-20-12-8-13-21-37)38-22-14-9-15-23-38;1-19-14-23-22-6-4-5-7-26(22)39(32(43)46-12-13-47-48-27-10-9-21(17-37-27)40(44)45)30(23)31(38(19)18-33(2,3)36)29-24(34)15-20(16-25(29)35)8-11-28(41)42;15-13(16)7-1-3-9(11-5-7)19-20-10-4-2-8(6-12-10)14(17)18/h7-27,31-32,34,47H,28-30,33H2,1-6H3;4-11,15-17,19,31H,12-14,18H2,1-3H3,(H,41,42);1-6H/b27-26+;11-8+;/t34-,47-;19-,31-;/m11./s1. The zero-order valence-electron chi connectivity index (χ0n) is 71.1. The number of alkyl halides is 2. The van der Waals surface area contributed by atoms with Crippen LogP contribution in [0.1, 0.15) is 136 Å². The zero-order chi connectivity index (χ0) is 92.8. The van der Waals surface area contributed by atoms with Crippen LogP contribution in [0, 0.1) is 53.6 Å². The predicted octanol–water partition coefficient (Wildman–Crippen LogP) is 23.0. The summed E-state index contributed by atoms with van der Waals surface area (Å²) in [6, 6.07) is 54.7. The number of carboxylic acids is 1. The fourth-order valence-corrected chi connectivity index (χ4v) is 20.2. The molecule has 24 nitrogen and oxygen atoms in total. The van der Waals surface area contributed by atoms with Crippen LogP contribution in [0.3, 0.4) is 0 Å². The zero-order valence-corrected chi connectivity index (χ0v) is 75.2. The molecule has 129 heavy (non-hydrogen) atoms. The number of aromatic nitrogens is 5. The van der Waals surface area contributed by atoms with Gasteiger partial charge in [0.25, 0.3) is 17.1 Å². The molecule has 0 amide bonds. The number of rotatable bonds is 28. The van der Waals surface area contributed by atoms with E-state index in [2.05, 4.69) is 51.4 Å². The number of thioether (sulfide) groups is 1. The van der Waals surface area contributed by atoms with Crippen molar-refractivity contribution >= 4 is 130 Å². The lowest BCUT2D eigenvalue weighted by Gasteiger charge is -2.43. The number of carbonyl (C=O) groups is 4. The van der Waals surface area contributed by atoms with E-state index in [9.17, 15) is 49.5 Å². The van der Waals surface area contributed by atoms with E-state index in [0.717, 1.165) is 76.3 Å². The number of esters is 1. The second-order valence-electron chi connectivity index (χ2n) is 32.2. The van der Waals surface area contributed by atoms with Gasteiger partial charge in [0.1, 0.15) is 87.1 Å². The molecule has 2 aliphatic rings. The van der Waals surface area contributed by atoms with Gasteiger partial charge in [-0.1, -0.05) is 138 Å². The topological polar surface area (TPSA) is 301 Å². The van der Waals surface area contributed by atoms with Crippen molar-refractivity contribution < 1.29 is 79.6 Å². The number of carboxylic acid groups (broad SMARTS) is 1. The van der Waals surface area contributed by atoms with Crippen molar-refractivity contribution in [1.29, 1.82) is 0 Å². The molecular weight excluding hydrogens is 1770 g/mol. The number of benzene rings is 7. The normalized spacial score (nSPS) is 15.4. The van der Waals surface area contributed by atoms with Gasteiger partial charge in [0, 0.05) is 88.9 Å². The summed E-state index contributed by atoms with van der Waals surface area (Å²) in [6.45, 7) is 14.1. The van der Waals surface area contributed by atoms with Crippen LogP contribution in [-0.4, -0.2) is 145 Å². The monoisotopic (exact) mass is 1850 g/mol. The molecule has 35 heteroatoms. The SMILES string of the molecule is C[C@@H]1Cc2c(n(C(=O)OCCSC(c3ccccc3)(c3ccccc3)c3ccccc3)c3ccccc23)[C@@H](c2c(F)cc(/C=C/C(=O)OC(C)(C)C)cc2F)N1CC(C)(C)F.C[C@@H]1Cc2c(n(C(=O)OCCSSc3ccc([N+](=O)[O-])cn3)c3ccccc23)[C@@H](c2c(F)cc(/C=C/C(=O)O)cc2F)N1CC(C)(C)F.O=[N+]([O-])c1ccc(SSc2ccc([N+](=O)[O-])cn2)nc1. The van der Waals surface area contributed by atoms with E-state index in [1.54, 1.807) is 72.7 Å². The Morgan fingerprint density at radius 3 is 1.18 bits per heavy atom. The van der Waals surface area contributed by atoms with Crippen molar-refractivity contribution in [2.75, 3.05) is 37.8 Å². The number of halogens is 6. The first-order chi connectivity index (χ1) is 61.4. The van der Waals surface area contributed by atoms with Crippen LogP contribution in [0.5, 0.6) is 0 Å². The molecule has 0 fully saturated rings. The summed E-state index contributed by atoms with van der Waals surface area (Å²) in [4.78, 5) is 97.4. The number of hydrogen-bond donors (Lipinski definition) is 1. The molecule has 0 spiro atoms. The Morgan fingerprint density at radius 2 is 0.837 bits per heavy atom. The van der Waals surface area contributed by atoms with E-state index < -0.39 is 101 Å². The lowest BCUT2D eigenvalue weighted by atomic mass is 9.84. The molecule has 12 aromatic rings. The highest BCUT2D eigenvalue weighted by atomic mass is 33.1. The molecule has 5 aromatic heterocycles. The molecule has 0 bridgehead atoms. The number of aliphatic carboxylic acids is 1. The first-order valence-electron chi connectivity index (χ1n) is 40.4. The third kappa shape index (κ3) is 23.7. The number of nitrogens with zero attached hydrogens (tertiary/aromatic N) is 10. The molecule has 0 saturated carbocycles. The molecule has 7 heterocycles. The highest BCUT2D eigenvalue weighted by molar-refractivity contribution is 8.77. The maximum atomic E-state index is 16.6. The van der Waals surface area contributed by atoms with Gasteiger partial charge in [0.2, 0.25) is 0 Å². The second kappa shape index (κ2) is 42.0. The maximum absolute atomic E-state index is 16.6. The van der Waals surface area contributed by atoms with Crippen LogP contribution in [-0.2, 0) is 41.4 Å². The van der Waals surface area contributed by atoms with Gasteiger partial charge in [-0.3, -0.25) is 40.1 Å². The molecular formula is C94H88F6N10O14S5. The second-order valence-corrected chi connectivity index (χ2v) is 38.1. The number of carbonyl (C=O) groups excluding carboxylic acids is 3. The van der Waals surface area contributed by atoms with Gasteiger partial charge < -0.3 is 19.3 Å². The minimum Gasteiger partial charge on any atom is -0.478 e. The minimum atomic E-state index is -1.77. The molecule has 0 saturated heterocycles. The van der Waals surface area contributed by atoms with E-state index in [-0.39, 0.29) is 77.8 Å². The molecule has 7 aromatic carbocycles. The number of ether oxygens (including phenoxy) is 3. The van der Waals surface area contributed by atoms with Gasteiger partial charge in [-0.2, -0.15) is 0 Å². The van der Waals surface area contributed by atoms with Crippen molar-refractivity contribution in [1.82, 2.24) is 33.9 Å². The van der Waals surface area contributed by atoms with Gasteiger partial charge in [0.05, 0.1) is 54.0 Å². The number of fused-ring (bicyclic) bond motifs is 6. The summed E-state index contributed by atoms with van der Waals surface area (Å²) in [6.07, 6.45) is 7.00. The Kier molecular flexibility index (Phi) is 31.2. The summed E-state index contributed by atoms with van der Waals surface area (Å²) in [5.41, 5.74) is 0.951. The van der Waals surface area contributed by atoms with Crippen molar-refractivity contribution in [2.24, 2.45) is 0 Å². The van der Waals surface area contributed by atoms with Crippen LogP contribution in [0.2, 0.25) is 0 Å². The van der Waals surface area contributed by atoms with Gasteiger partial charge >= 0.3 is 24.1 Å². The molecule has 2 aliphatic heterocycles. The summed E-state index contributed by atoms with van der Waals surface area (Å²) in [5.74, 6) is -5.00. The van der Waals surface area contributed by atoms with Crippen molar-refractivity contribution in [3.63, 3.8) is 0 Å². The number of nitro groups is 3. The molecule has 0 unspecified atom stereocenters. The molecule has 14 rings (SSSR count). The Labute approximate surface area is 758 Å². The summed E-state index contributed by atoms with van der Waals surface area (Å²) < 4.78 is 116. The Morgan fingerprint density at radius 1 is 0.488 bits per heavy atom. The predicted molar refractivity (Wildman–Crippen MR) is 490 cm³/mol. The van der Waals surface area contributed by atoms with Crippen molar-refractivity contribution in [3.05, 3.63) is 346 Å². The highest BCUT2D eigenvalue weighted by Gasteiger charge is 2.47. The first kappa shape index (κ1) is 96.0. The van der Waals surface area contributed by atoms with Gasteiger partial charge in [-0.05, 0) is 213 Å². The molecule has 4 atom stereocenters. The van der Waals surface area contributed by atoms with Gasteiger partial charge in [-0.15, -0.1) is 11.8 Å². The fourth-order valence-electron chi connectivity index (χ4n) is 15.4. The van der Waals surface area contributed by atoms with E-state index in [0.29, 0.717) is 67.1 Å². The van der Waals surface area contributed by atoms with E-state index >= 15 is 26.3 Å². The maximum Gasteiger partial charge on any atom is 0.418 e. The Hall–Kier alpha value is -12.1. The van der Waals surface area contributed by atoms with Crippen molar-refractivity contribution in [3.8, 4) is 0 Å². The van der Waals surface area contributed by atoms with E-state index in [1.165, 1.54) is 135 Å². The molecule has 670 valence electrons. The lowest BCUT2D eigenvalue weighted by molar-refractivity contribution is -0.385. The summed E-state index contributed by atoms with van der Waals surface area (Å²) in [5, 5.41) is 43.9. The number of hydrogen-bond acceptors (Lipinski definition) is 23. The smallest absolute Gasteiger partial charge is 0.418 e. The average Bonchev–Trinajstić information content (AvgIpc) is 1.57. The third-order valence-corrected chi connectivity index (χ3v) is 26.5. The van der Waals surface area contributed by atoms with E-state index in [4.69, 9.17) is 19.3 Å².